The normalized spacial score (nSPS) is 21.9. The molecule has 0 aliphatic heterocycles. The molecule has 1 saturated carbocycles. The van der Waals surface area contributed by atoms with Crippen molar-refractivity contribution >= 4 is 21.6 Å². The molecule has 0 unspecified atom stereocenters. The van der Waals surface area contributed by atoms with E-state index in [2.05, 4.69) is 11.2 Å². The first kappa shape index (κ1) is 17.3. The van der Waals surface area contributed by atoms with Crippen LogP contribution in [0.4, 0.5) is 0 Å². The largest absolute Gasteiger partial charge is 0.302 e. The predicted octanol–water partition coefficient (Wildman–Crippen LogP) is 2.55. The van der Waals surface area contributed by atoms with E-state index in [-0.39, 0.29) is 5.75 Å². The van der Waals surface area contributed by atoms with E-state index in [1.165, 1.54) is 18.6 Å². The lowest BCUT2D eigenvalue weighted by atomic mass is 10.2. The second kappa shape index (κ2) is 7.49. The highest BCUT2D eigenvalue weighted by atomic mass is 32.2. The van der Waals surface area contributed by atoms with Crippen LogP contribution in [-0.2, 0) is 9.84 Å². The minimum atomic E-state index is -3.29. The molecule has 1 aromatic rings. The van der Waals surface area contributed by atoms with Crippen LogP contribution in [0, 0.1) is 11.3 Å². The van der Waals surface area contributed by atoms with Crippen molar-refractivity contribution in [2.24, 2.45) is 0 Å². The second-order valence-corrected chi connectivity index (χ2v) is 9.01. The fraction of sp³-hybridized carbons (Fsp3) is 0.562. The van der Waals surface area contributed by atoms with E-state index in [0.717, 1.165) is 12.8 Å². The highest BCUT2D eigenvalue weighted by Gasteiger charge is 2.27. The van der Waals surface area contributed by atoms with Gasteiger partial charge in [-0.05, 0) is 56.8 Å². The van der Waals surface area contributed by atoms with Gasteiger partial charge in [-0.2, -0.15) is 17.0 Å². The molecule has 1 aliphatic rings. The predicted molar refractivity (Wildman–Crippen MR) is 90.8 cm³/mol. The zero-order valence-corrected chi connectivity index (χ0v) is 14.7. The molecule has 0 N–H and O–H groups in total. The van der Waals surface area contributed by atoms with Crippen LogP contribution in [0.2, 0.25) is 0 Å². The summed E-state index contributed by atoms with van der Waals surface area (Å²) in [5.74, 6) is 0.121. The maximum atomic E-state index is 12.4. The number of nitrogens with zero attached hydrogens (tertiary/aromatic N) is 2. The molecule has 1 fully saturated rings. The topological polar surface area (TPSA) is 61.2 Å². The van der Waals surface area contributed by atoms with Crippen LogP contribution >= 0.6 is 11.8 Å². The van der Waals surface area contributed by atoms with Gasteiger partial charge in [0.15, 0.2) is 9.84 Å². The average Bonchev–Trinajstić information content (AvgIpc) is 3.02. The van der Waals surface area contributed by atoms with Crippen LogP contribution in [0.1, 0.15) is 24.8 Å². The molecule has 2 atom stereocenters. The fourth-order valence-electron chi connectivity index (χ4n) is 2.83. The van der Waals surface area contributed by atoms with E-state index in [1.54, 1.807) is 12.1 Å². The summed E-state index contributed by atoms with van der Waals surface area (Å²) in [4.78, 5) is 2.48. The smallest absolute Gasteiger partial charge is 0.179 e. The average molecular weight is 338 g/mol. The van der Waals surface area contributed by atoms with Gasteiger partial charge in [0.1, 0.15) is 0 Å². The summed E-state index contributed by atoms with van der Waals surface area (Å²) in [6.07, 6.45) is 5.66. The Kier molecular flexibility index (Phi) is 5.90. The maximum absolute atomic E-state index is 12.4. The molecule has 0 amide bonds. The van der Waals surface area contributed by atoms with Gasteiger partial charge >= 0.3 is 0 Å². The summed E-state index contributed by atoms with van der Waals surface area (Å²) in [6, 6.07) is 8.64. The Labute approximate surface area is 137 Å². The van der Waals surface area contributed by atoms with E-state index in [0.29, 0.717) is 28.3 Å². The lowest BCUT2D eigenvalue weighted by Crippen LogP contribution is -2.34. The van der Waals surface area contributed by atoms with Crippen molar-refractivity contribution in [1.29, 1.82) is 5.26 Å². The fourth-order valence-corrected chi connectivity index (χ4v) is 4.93. The van der Waals surface area contributed by atoms with Crippen molar-refractivity contribution in [2.75, 3.05) is 25.6 Å². The summed E-state index contributed by atoms with van der Waals surface area (Å²) < 4.78 is 24.7. The van der Waals surface area contributed by atoms with Crippen molar-refractivity contribution in [3.63, 3.8) is 0 Å². The van der Waals surface area contributed by atoms with Crippen molar-refractivity contribution < 1.29 is 8.42 Å². The Hall–Kier alpha value is -1.03. The number of sulfone groups is 1. The van der Waals surface area contributed by atoms with Gasteiger partial charge in [0.2, 0.25) is 0 Å². The number of rotatable bonds is 6. The molecular formula is C16H22N2O2S2. The first-order chi connectivity index (χ1) is 10.5. The van der Waals surface area contributed by atoms with E-state index in [4.69, 9.17) is 5.26 Å². The molecular weight excluding hydrogens is 316 g/mol. The molecule has 1 aromatic carbocycles. The van der Waals surface area contributed by atoms with E-state index >= 15 is 0 Å². The van der Waals surface area contributed by atoms with Gasteiger partial charge in [0, 0.05) is 17.8 Å². The first-order valence-electron chi connectivity index (χ1n) is 7.42. The van der Waals surface area contributed by atoms with Crippen LogP contribution in [0.15, 0.2) is 29.2 Å². The van der Waals surface area contributed by atoms with Crippen molar-refractivity contribution in [3.8, 4) is 6.07 Å². The second-order valence-electron chi connectivity index (χ2n) is 5.76. The van der Waals surface area contributed by atoms with Crippen molar-refractivity contribution in [2.45, 2.75) is 35.4 Å². The zero-order chi connectivity index (χ0) is 16.2. The summed E-state index contributed by atoms with van der Waals surface area (Å²) in [5.41, 5.74) is 0.477. The SMILES string of the molecule is CS[C@@H]1CC[C@@H](N(C)CCS(=O)(=O)c2ccc(C#N)cc2)C1. The van der Waals surface area contributed by atoms with Crippen LogP contribution in [0.3, 0.4) is 0 Å². The molecule has 0 saturated heterocycles. The molecule has 0 radical (unpaired) electrons. The number of thioether (sulfide) groups is 1. The summed E-state index contributed by atoms with van der Waals surface area (Å²) in [6.45, 7) is 0.550. The number of hydrogen-bond donors (Lipinski definition) is 0. The summed E-state index contributed by atoms with van der Waals surface area (Å²) >= 11 is 1.91. The molecule has 0 spiro atoms. The Balaban J connectivity index is 1.93. The quantitative estimate of drug-likeness (QED) is 0.798. The van der Waals surface area contributed by atoms with Crippen LogP contribution in [0.5, 0.6) is 0 Å². The molecule has 22 heavy (non-hydrogen) atoms. The third-order valence-electron chi connectivity index (χ3n) is 4.37. The number of nitriles is 1. The van der Waals surface area contributed by atoms with Crippen molar-refractivity contribution in [1.82, 2.24) is 4.90 Å². The van der Waals surface area contributed by atoms with Gasteiger partial charge < -0.3 is 4.90 Å². The molecule has 6 heteroatoms. The van der Waals surface area contributed by atoms with Crippen LogP contribution < -0.4 is 0 Å². The standard InChI is InChI=1S/C16H22N2O2S2/c1-18(14-5-6-15(11-14)21-2)9-10-22(19,20)16-7-3-13(12-17)4-8-16/h3-4,7-8,14-15H,5-6,9-11H2,1-2H3/t14-,15-/m1/s1. The highest BCUT2D eigenvalue weighted by Crippen LogP contribution is 2.30. The molecule has 2 rings (SSSR count). The first-order valence-corrected chi connectivity index (χ1v) is 10.4. The lowest BCUT2D eigenvalue weighted by Gasteiger charge is -2.24. The van der Waals surface area contributed by atoms with Crippen LogP contribution in [-0.4, -0.2) is 50.2 Å². The van der Waals surface area contributed by atoms with Gasteiger partial charge in [-0.1, -0.05) is 0 Å². The minimum absolute atomic E-state index is 0.121. The number of benzene rings is 1. The van der Waals surface area contributed by atoms with Gasteiger partial charge in [-0.3, -0.25) is 0 Å². The maximum Gasteiger partial charge on any atom is 0.179 e. The Morgan fingerprint density at radius 2 is 2.00 bits per heavy atom. The summed E-state index contributed by atoms with van der Waals surface area (Å²) in [5, 5.41) is 9.47. The zero-order valence-electron chi connectivity index (χ0n) is 13.0. The molecule has 120 valence electrons. The van der Waals surface area contributed by atoms with E-state index < -0.39 is 9.84 Å². The lowest BCUT2D eigenvalue weighted by molar-refractivity contribution is 0.259. The Bertz CT molecular complexity index is 635. The van der Waals surface area contributed by atoms with Crippen LogP contribution in [0.25, 0.3) is 0 Å². The van der Waals surface area contributed by atoms with Gasteiger partial charge in [0.05, 0.1) is 22.3 Å². The molecule has 0 aromatic heterocycles. The number of hydrogen-bond acceptors (Lipinski definition) is 5. The van der Waals surface area contributed by atoms with Crippen molar-refractivity contribution in [3.05, 3.63) is 29.8 Å². The molecule has 0 heterocycles. The van der Waals surface area contributed by atoms with Gasteiger partial charge in [-0.25, -0.2) is 8.42 Å². The monoisotopic (exact) mass is 338 g/mol. The molecule has 1 aliphatic carbocycles. The summed E-state index contributed by atoms with van der Waals surface area (Å²) in [7, 11) is -1.27. The Morgan fingerprint density at radius 3 is 2.55 bits per heavy atom. The molecule has 0 bridgehead atoms. The van der Waals surface area contributed by atoms with E-state index in [1.807, 2.05) is 24.9 Å². The minimum Gasteiger partial charge on any atom is -0.302 e. The third-order valence-corrected chi connectivity index (χ3v) is 7.17. The third kappa shape index (κ3) is 4.25. The Morgan fingerprint density at radius 1 is 1.32 bits per heavy atom. The van der Waals surface area contributed by atoms with E-state index in [9.17, 15) is 8.42 Å². The van der Waals surface area contributed by atoms with Gasteiger partial charge in [0.25, 0.3) is 0 Å². The highest BCUT2D eigenvalue weighted by molar-refractivity contribution is 7.99. The molecule has 4 nitrogen and oxygen atoms in total. The van der Waals surface area contributed by atoms with Gasteiger partial charge in [-0.15, -0.1) is 0 Å².